The first-order valence-electron chi connectivity index (χ1n) is 4.56. The molecule has 0 saturated heterocycles. The number of hydrogen-bond donors (Lipinski definition) is 0. The molecule has 0 heterocycles. The zero-order valence-corrected chi connectivity index (χ0v) is 10.5. The van der Waals surface area contributed by atoms with Crippen LogP contribution in [0.4, 0.5) is 4.39 Å². The number of methoxy groups -OCH3 is 1. The Kier molecular flexibility index (Phi) is 4.15. The minimum atomic E-state index is -3.68. The number of benzene rings is 1. The Morgan fingerprint density at radius 1 is 1.50 bits per heavy atom. The Balaban J connectivity index is 3.17. The molecule has 1 rings (SSSR count). The molecule has 1 unspecified atom stereocenters. The van der Waals surface area contributed by atoms with Crippen molar-refractivity contribution in [2.24, 2.45) is 0 Å². The van der Waals surface area contributed by atoms with E-state index in [-0.39, 0.29) is 5.75 Å². The molecule has 0 aromatic heterocycles. The van der Waals surface area contributed by atoms with Crippen molar-refractivity contribution < 1.29 is 17.5 Å². The van der Waals surface area contributed by atoms with Gasteiger partial charge in [0.05, 0.1) is 12.9 Å². The van der Waals surface area contributed by atoms with E-state index in [1.807, 2.05) is 0 Å². The highest BCUT2D eigenvalue weighted by molar-refractivity contribution is 8.13. The second-order valence-electron chi connectivity index (χ2n) is 3.37. The summed E-state index contributed by atoms with van der Waals surface area (Å²) < 4.78 is 40.0. The topological polar surface area (TPSA) is 43.4 Å². The maximum atomic E-state index is 13.1. The van der Waals surface area contributed by atoms with Crippen LogP contribution in [0.1, 0.15) is 24.2 Å². The van der Waals surface area contributed by atoms with E-state index >= 15 is 0 Å². The van der Waals surface area contributed by atoms with E-state index in [0.29, 0.717) is 16.9 Å². The quantitative estimate of drug-likeness (QED) is 0.787. The van der Waals surface area contributed by atoms with E-state index in [9.17, 15) is 12.8 Å². The van der Waals surface area contributed by atoms with Crippen LogP contribution in [0.2, 0.25) is 0 Å². The van der Waals surface area contributed by atoms with Crippen molar-refractivity contribution in [2.45, 2.75) is 18.8 Å². The van der Waals surface area contributed by atoms with Gasteiger partial charge in [0.25, 0.3) is 0 Å². The van der Waals surface area contributed by atoms with Crippen LogP contribution in [0.25, 0.3) is 0 Å². The fourth-order valence-corrected chi connectivity index (χ4v) is 2.29. The van der Waals surface area contributed by atoms with Crippen LogP contribution in [0.5, 0.6) is 5.75 Å². The molecule has 1 aromatic carbocycles. The average Bonchev–Trinajstić information content (AvgIpc) is 2.15. The van der Waals surface area contributed by atoms with Gasteiger partial charge < -0.3 is 4.74 Å². The third-order valence-corrected chi connectivity index (χ3v) is 3.07. The maximum absolute atomic E-state index is 13.1. The monoisotopic (exact) mass is 266 g/mol. The van der Waals surface area contributed by atoms with Gasteiger partial charge in [0.15, 0.2) is 0 Å². The number of alkyl halides is 1. The van der Waals surface area contributed by atoms with Gasteiger partial charge in [-0.25, -0.2) is 12.8 Å². The largest absolute Gasteiger partial charge is 0.496 e. The number of rotatable bonds is 4. The lowest BCUT2D eigenvalue weighted by Crippen LogP contribution is -2.00. The third kappa shape index (κ3) is 3.64. The van der Waals surface area contributed by atoms with Gasteiger partial charge in [-0.2, -0.15) is 0 Å². The molecule has 0 saturated carbocycles. The molecular formula is C10H12ClFO3S. The highest BCUT2D eigenvalue weighted by atomic mass is 35.7. The van der Waals surface area contributed by atoms with Gasteiger partial charge >= 0.3 is 0 Å². The summed E-state index contributed by atoms with van der Waals surface area (Å²) in [5.41, 5.74) is 0.760. The van der Waals surface area contributed by atoms with E-state index in [0.717, 1.165) is 0 Å². The predicted octanol–water partition coefficient (Wildman–Crippen LogP) is 2.79. The van der Waals surface area contributed by atoms with Crippen LogP contribution in [0, 0.1) is 0 Å². The molecule has 0 aliphatic heterocycles. The molecule has 0 aliphatic carbocycles. The molecule has 0 fully saturated rings. The molecule has 0 amide bonds. The lowest BCUT2D eigenvalue weighted by atomic mass is 10.1. The Hall–Kier alpha value is -0.810. The first kappa shape index (κ1) is 13.3. The second kappa shape index (κ2) is 5.01. The van der Waals surface area contributed by atoms with Crippen molar-refractivity contribution in [3.8, 4) is 5.75 Å². The fourth-order valence-electron chi connectivity index (χ4n) is 1.34. The van der Waals surface area contributed by atoms with Gasteiger partial charge in [0, 0.05) is 16.2 Å². The smallest absolute Gasteiger partial charge is 0.236 e. The summed E-state index contributed by atoms with van der Waals surface area (Å²) in [7, 11) is 2.88. The molecule has 0 bridgehead atoms. The number of halogens is 2. The van der Waals surface area contributed by atoms with Gasteiger partial charge in [0.2, 0.25) is 9.05 Å². The van der Waals surface area contributed by atoms with Crippen LogP contribution in [0.15, 0.2) is 18.2 Å². The van der Waals surface area contributed by atoms with E-state index in [4.69, 9.17) is 15.4 Å². The van der Waals surface area contributed by atoms with Crippen LogP contribution in [-0.4, -0.2) is 15.5 Å². The van der Waals surface area contributed by atoms with Crippen LogP contribution in [-0.2, 0) is 14.8 Å². The van der Waals surface area contributed by atoms with Gasteiger partial charge in [0.1, 0.15) is 11.9 Å². The lowest BCUT2D eigenvalue weighted by molar-refractivity contribution is 0.372. The molecule has 16 heavy (non-hydrogen) atoms. The van der Waals surface area contributed by atoms with Gasteiger partial charge in [-0.3, -0.25) is 0 Å². The maximum Gasteiger partial charge on any atom is 0.236 e. The van der Waals surface area contributed by atoms with Crippen molar-refractivity contribution in [2.75, 3.05) is 7.11 Å². The Morgan fingerprint density at radius 3 is 2.56 bits per heavy atom. The highest BCUT2D eigenvalue weighted by Gasteiger charge is 2.14. The zero-order chi connectivity index (χ0) is 12.3. The number of hydrogen-bond acceptors (Lipinski definition) is 3. The van der Waals surface area contributed by atoms with Gasteiger partial charge in [-0.15, -0.1) is 0 Å². The average molecular weight is 267 g/mol. The first-order chi connectivity index (χ1) is 7.33. The van der Waals surface area contributed by atoms with Crippen LogP contribution >= 0.6 is 10.7 Å². The Bertz CT molecular complexity index is 471. The molecule has 6 heteroatoms. The molecule has 0 radical (unpaired) electrons. The predicted molar refractivity (Wildman–Crippen MR) is 61.0 cm³/mol. The minimum absolute atomic E-state index is 0.361. The Morgan fingerprint density at radius 2 is 2.12 bits per heavy atom. The summed E-state index contributed by atoms with van der Waals surface area (Å²) in [5.74, 6) is 0.00629. The van der Waals surface area contributed by atoms with Gasteiger partial charge in [-0.1, -0.05) is 6.07 Å². The summed E-state index contributed by atoms with van der Waals surface area (Å²) in [5, 5.41) is 0. The normalized spacial score (nSPS) is 13.5. The van der Waals surface area contributed by atoms with Crippen LogP contribution in [0.3, 0.4) is 0 Å². The molecule has 0 spiro atoms. The van der Waals surface area contributed by atoms with E-state index in [1.165, 1.54) is 26.2 Å². The lowest BCUT2D eigenvalue weighted by Gasteiger charge is -2.10. The molecule has 90 valence electrons. The molecule has 1 atom stereocenters. The summed E-state index contributed by atoms with van der Waals surface area (Å²) in [4.78, 5) is 0. The fraction of sp³-hybridized carbons (Fsp3) is 0.400. The molecule has 1 aromatic rings. The summed E-state index contributed by atoms with van der Waals surface area (Å²) in [6.07, 6.45) is -1.16. The van der Waals surface area contributed by atoms with Crippen molar-refractivity contribution in [3.05, 3.63) is 29.3 Å². The van der Waals surface area contributed by atoms with Crippen molar-refractivity contribution in [1.29, 1.82) is 0 Å². The molecule has 0 aliphatic rings. The van der Waals surface area contributed by atoms with Gasteiger partial charge in [-0.05, 0) is 24.6 Å². The second-order valence-corrected chi connectivity index (χ2v) is 6.15. The molecular weight excluding hydrogens is 255 g/mol. The zero-order valence-electron chi connectivity index (χ0n) is 8.91. The first-order valence-corrected chi connectivity index (χ1v) is 7.04. The van der Waals surface area contributed by atoms with Crippen LogP contribution < -0.4 is 4.74 Å². The standard InChI is InChI=1S/C10H12ClFO3S/c1-7(12)8-3-4-10(15-2)9(5-8)6-16(11,13)14/h3-5,7H,6H2,1-2H3. The highest BCUT2D eigenvalue weighted by Crippen LogP contribution is 2.27. The van der Waals surface area contributed by atoms with E-state index < -0.39 is 15.2 Å². The SMILES string of the molecule is COc1ccc(C(C)F)cc1CS(=O)(=O)Cl. The van der Waals surface area contributed by atoms with Crippen molar-refractivity contribution in [1.82, 2.24) is 0 Å². The summed E-state index contributed by atoms with van der Waals surface area (Å²) in [6.45, 7) is 1.38. The van der Waals surface area contributed by atoms with E-state index in [2.05, 4.69) is 0 Å². The number of ether oxygens (including phenoxy) is 1. The van der Waals surface area contributed by atoms with Crippen molar-refractivity contribution in [3.63, 3.8) is 0 Å². The Labute approximate surface area is 98.6 Å². The molecule has 3 nitrogen and oxygen atoms in total. The molecule has 0 N–H and O–H groups in total. The third-order valence-electron chi connectivity index (χ3n) is 2.09. The van der Waals surface area contributed by atoms with Crippen molar-refractivity contribution >= 4 is 19.7 Å². The summed E-state index contributed by atoms with van der Waals surface area (Å²) >= 11 is 0. The summed E-state index contributed by atoms with van der Waals surface area (Å²) in [6, 6.07) is 4.53. The minimum Gasteiger partial charge on any atom is -0.496 e. The van der Waals surface area contributed by atoms with E-state index in [1.54, 1.807) is 6.07 Å².